The van der Waals surface area contributed by atoms with E-state index >= 15 is 0 Å². The van der Waals surface area contributed by atoms with Crippen LogP contribution in [0, 0.1) is 6.92 Å². The lowest BCUT2D eigenvalue weighted by Gasteiger charge is -2.33. The van der Waals surface area contributed by atoms with Gasteiger partial charge in [-0.2, -0.15) is 0 Å². The van der Waals surface area contributed by atoms with Crippen LogP contribution in [-0.2, 0) is 14.3 Å². The predicted octanol–water partition coefficient (Wildman–Crippen LogP) is 4.69. The normalized spacial score (nSPS) is 17.6. The van der Waals surface area contributed by atoms with Crippen molar-refractivity contribution >= 4 is 22.7 Å². The molecule has 7 heteroatoms. The third kappa shape index (κ3) is 4.44. The Bertz CT molecular complexity index is 1460. The predicted molar refractivity (Wildman–Crippen MR) is 135 cm³/mol. The molecule has 0 fully saturated rings. The maximum atomic E-state index is 13.6. The Hall–Kier alpha value is -4.13. The highest BCUT2D eigenvalue weighted by atomic mass is 16.6. The molecule has 36 heavy (non-hydrogen) atoms. The number of allylic oxidation sites excluding steroid dienone is 3. The SMILES string of the molecule is CC1=C(C(=O)OCCOc2ccccc2)C(c2coc3ccc(C)cc3c2=O)C2=C(CCCC2=O)N1. The number of hydrogen-bond donors (Lipinski definition) is 1. The lowest BCUT2D eigenvalue weighted by atomic mass is 9.75. The van der Waals surface area contributed by atoms with Gasteiger partial charge in [-0.1, -0.05) is 29.8 Å². The fourth-order valence-corrected chi connectivity index (χ4v) is 4.91. The van der Waals surface area contributed by atoms with Gasteiger partial charge in [0.05, 0.1) is 23.1 Å². The zero-order valence-corrected chi connectivity index (χ0v) is 20.3. The van der Waals surface area contributed by atoms with Crippen molar-refractivity contribution in [2.24, 2.45) is 0 Å². The first kappa shape index (κ1) is 23.6. The van der Waals surface area contributed by atoms with Crippen LogP contribution in [-0.4, -0.2) is 25.0 Å². The summed E-state index contributed by atoms with van der Waals surface area (Å²) in [5.41, 5.74) is 3.35. The third-order valence-corrected chi connectivity index (χ3v) is 6.59. The summed E-state index contributed by atoms with van der Waals surface area (Å²) in [5, 5.41) is 3.65. The summed E-state index contributed by atoms with van der Waals surface area (Å²) in [6.07, 6.45) is 3.12. The summed E-state index contributed by atoms with van der Waals surface area (Å²) in [6.45, 7) is 3.85. The van der Waals surface area contributed by atoms with Crippen molar-refractivity contribution in [1.29, 1.82) is 0 Å². The topological polar surface area (TPSA) is 94.8 Å². The van der Waals surface area contributed by atoms with Crippen molar-refractivity contribution in [1.82, 2.24) is 5.32 Å². The van der Waals surface area contributed by atoms with Crippen LogP contribution in [0.1, 0.15) is 43.2 Å². The number of ketones is 1. The fraction of sp³-hybridized carbons (Fsp3) is 0.276. The minimum atomic E-state index is -0.863. The van der Waals surface area contributed by atoms with Crippen molar-refractivity contribution < 1.29 is 23.5 Å². The van der Waals surface area contributed by atoms with Gasteiger partial charge in [0.25, 0.3) is 0 Å². The Labute approximate surface area is 208 Å². The highest BCUT2D eigenvalue weighted by Crippen LogP contribution is 2.42. The second kappa shape index (κ2) is 9.85. The Balaban J connectivity index is 1.50. The summed E-state index contributed by atoms with van der Waals surface area (Å²) in [6, 6.07) is 14.6. The number of nitrogens with one attached hydrogen (secondary N) is 1. The Kier molecular flexibility index (Phi) is 6.46. The highest BCUT2D eigenvalue weighted by Gasteiger charge is 2.40. The highest BCUT2D eigenvalue weighted by molar-refractivity contribution is 6.04. The van der Waals surface area contributed by atoms with Crippen molar-refractivity contribution in [3.8, 4) is 5.75 Å². The van der Waals surface area contributed by atoms with Crippen molar-refractivity contribution in [3.05, 3.63) is 98.7 Å². The molecule has 1 aliphatic carbocycles. The molecule has 184 valence electrons. The average molecular weight is 486 g/mol. The summed E-state index contributed by atoms with van der Waals surface area (Å²) in [4.78, 5) is 40.1. The molecule has 0 saturated heterocycles. The lowest BCUT2D eigenvalue weighted by molar-refractivity contribution is -0.140. The largest absolute Gasteiger partial charge is 0.490 e. The number of benzene rings is 2. The Morgan fingerprint density at radius 3 is 2.67 bits per heavy atom. The number of carbonyl (C=O) groups is 2. The van der Waals surface area contributed by atoms with Crippen LogP contribution in [0.25, 0.3) is 11.0 Å². The maximum absolute atomic E-state index is 13.6. The van der Waals surface area contributed by atoms with Crippen LogP contribution in [0.3, 0.4) is 0 Å². The summed E-state index contributed by atoms with van der Waals surface area (Å²) >= 11 is 0. The fourth-order valence-electron chi connectivity index (χ4n) is 4.91. The van der Waals surface area contributed by atoms with E-state index in [2.05, 4.69) is 5.32 Å². The number of aryl methyl sites for hydroxylation is 1. The molecular weight excluding hydrogens is 458 g/mol. The van der Waals surface area contributed by atoms with Crippen LogP contribution in [0.5, 0.6) is 5.75 Å². The van der Waals surface area contributed by atoms with Gasteiger partial charge < -0.3 is 19.2 Å². The number of esters is 1. The maximum Gasteiger partial charge on any atom is 0.336 e. The molecule has 1 aromatic heterocycles. The van der Waals surface area contributed by atoms with Crippen molar-refractivity contribution in [2.45, 2.75) is 39.0 Å². The summed E-state index contributed by atoms with van der Waals surface area (Å²) < 4.78 is 17.0. The molecule has 0 bridgehead atoms. The molecular formula is C29H27NO6. The quantitative estimate of drug-likeness (QED) is 0.400. The molecule has 0 radical (unpaired) electrons. The van der Waals surface area contributed by atoms with E-state index in [1.54, 1.807) is 19.1 Å². The van der Waals surface area contributed by atoms with Crippen LogP contribution >= 0.6 is 0 Å². The molecule has 1 aliphatic heterocycles. The summed E-state index contributed by atoms with van der Waals surface area (Å²) in [5.74, 6) is -0.872. The van der Waals surface area contributed by atoms with E-state index in [1.165, 1.54) is 6.26 Å². The summed E-state index contributed by atoms with van der Waals surface area (Å²) in [7, 11) is 0. The molecule has 5 rings (SSSR count). The number of dihydropyridines is 1. The smallest absolute Gasteiger partial charge is 0.336 e. The first-order valence-electron chi connectivity index (χ1n) is 12.0. The van der Waals surface area contributed by atoms with Crippen LogP contribution in [0.4, 0.5) is 0 Å². The minimum Gasteiger partial charge on any atom is -0.490 e. The van der Waals surface area contributed by atoms with E-state index in [-0.39, 0.29) is 35.6 Å². The van der Waals surface area contributed by atoms with E-state index in [1.807, 2.05) is 43.3 Å². The Morgan fingerprint density at radius 2 is 1.86 bits per heavy atom. The molecule has 1 unspecified atom stereocenters. The second-order valence-corrected chi connectivity index (χ2v) is 9.08. The number of carbonyl (C=O) groups excluding carboxylic acids is 2. The van der Waals surface area contributed by atoms with Gasteiger partial charge in [-0.25, -0.2) is 4.79 Å². The van der Waals surface area contributed by atoms with Gasteiger partial charge in [-0.05, 0) is 51.0 Å². The zero-order chi connectivity index (χ0) is 25.2. The van der Waals surface area contributed by atoms with Gasteiger partial charge in [0.15, 0.2) is 11.2 Å². The lowest BCUT2D eigenvalue weighted by Crippen LogP contribution is -2.36. The Morgan fingerprint density at radius 1 is 1.06 bits per heavy atom. The van der Waals surface area contributed by atoms with Gasteiger partial charge in [0.2, 0.25) is 0 Å². The molecule has 2 aliphatic rings. The number of ether oxygens (including phenoxy) is 2. The number of fused-ring (bicyclic) bond motifs is 1. The first-order chi connectivity index (χ1) is 17.4. The molecule has 3 aromatic rings. The van der Waals surface area contributed by atoms with Crippen LogP contribution in [0.2, 0.25) is 0 Å². The van der Waals surface area contributed by atoms with Crippen LogP contribution < -0.4 is 15.5 Å². The average Bonchev–Trinajstić information content (AvgIpc) is 2.87. The monoisotopic (exact) mass is 485 g/mol. The van der Waals surface area contributed by atoms with E-state index in [4.69, 9.17) is 13.9 Å². The molecule has 1 N–H and O–H groups in total. The molecule has 0 saturated carbocycles. The molecule has 0 amide bonds. The van der Waals surface area contributed by atoms with Crippen LogP contribution in [0.15, 0.2) is 86.5 Å². The number of rotatable bonds is 6. The molecule has 2 aromatic carbocycles. The van der Waals surface area contributed by atoms with Gasteiger partial charge in [-0.3, -0.25) is 9.59 Å². The van der Waals surface area contributed by atoms with E-state index in [0.29, 0.717) is 47.3 Å². The van der Waals surface area contributed by atoms with Gasteiger partial charge in [0.1, 0.15) is 24.5 Å². The van der Waals surface area contributed by atoms with E-state index < -0.39 is 11.9 Å². The first-order valence-corrected chi connectivity index (χ1v) is 12.0. The molecule has 7 nitrogen and oxygen atoms in total. The number of hydrogen-bond acceptors (Lipinski definition) is 7. The molecule has 2 heterocycles. The van der Waals surface area contributed by atoms with Crippen molar-refractivity contribution in [3.63, 3.8) is 0 Å². The van der Waals surface area contributed by atoms with Crippen molar-refractivity contribution in [2.75, 3.05) is 13.2 Å². The van der Waals surface area contributed by atoms with Gasteiger partial charge in [0, 0.05) is 29.0 Å². The molecule has 0 spiro atoms. The van der Waals surface area contributed by atoms with E-state index in [0.717, 1.165) is 11.3 Å². The van der Waals surface area contributed by atoms with Gasteiger partial charge >= 0.3 is 5.97 Å². The minimum absolute atomic E-state index is 0.0165. The third-order valence-electron chi connectivity index (χ3n) is 6.59. The standard InChI is InChI=1S/C29H27NO6/c1-17-11-12-24-20(15-17)28(32)21(16-36-24)26-25(18(2)30-22-9-6-10-23(31)27(22)26)29(33)35-14-13-34-19-7-4-3-5-8-19/h3-5,7-8,11-12,15-16,26,30H,6,9-10,13-14H2,1-2H3. The second-order valence-electron chi connectivity index (χ2n) is 9.08. The number of para-hydroxylation sites is 1. The number of Topliss-reactive ketones (excluding diaryl/α,β-unsaturated/α-hetero) is 1. The van der Waals surface area contributed by atoms with E-state index in [9.17, 15) is 14.4 Å². The zero-order valence-electron chi connectivity index (χ0n) is 20.3. The molecule has 1 atom stereocenters. The van der Waals surface area contributed by atoms with Gasteiger partial charge in [-0.15, -0.1) is 0 Å².